The Kier molecular flexibility index (Phi) is 2.32. The molecule has 6 heteroatoms. The molecule has 2 atom stereocenters. The minimum Gasteiger partial charge on any atom is -0.335 e. The maximum atomic E-state index is 11.6. The number of H-pyrrole nitrogens is 1. The average Bonchev–Trinajstić information content (AvgIpc) is 2.69. The van der Waals surface area contributed by atoms with Crippen molar-refractivity contribution in [3.05, 3.63) is 12.5 Å². The number of hydrogen-bond acceptors (Lipinski definition) is 3. The number of rotatable bonds is 4. The van der Waals surface area contributed by atoms with Crippen LogP contribution in [0.15, 0.2) is 17.6 Å². The van der Waals surface area contributed by atoms with Gasteiger partial charge in [-0.2, -0.15) is 0 Å². The molecule has 1 aliphatic rings. The fourth-order valence-electron chi connectivity index (χ4n) is 1.50. The second-order valence-corrected chi connectivity index (χ2v) is 5.23. The highest BCUT2D eigenvalue weighted by Gasteiger charge is 2.38. The van der Waals surface area contributed by atoms with Gasteiger partial charge in [0.2, 0.25) is 0 Å². The Balaban J connectivity index is 2.05. The molecule has 2 N–H and O–H groups in total. The molecule has 0 radical (unpaired) electrons. The van der Waals surface area contributed by atoms with E-state index in [-0.39, 0.29) is 11.1 Å². The van der Waals surface area contributed by atoms with E-state index < -0.39 is 10.0 Å². The lowest BCUT2D eigenvalue weighted by Crippen LogP contribution is -2.27. The predicted molar refractivity (Wildman–Crippen MR) is 51.1 cm³/mol. The third-order valence-corrected chi connectivity index (χ3v) is 3.93. The topological polar surface area (TPSA) is 74.8 Å². The van der Waals surface area contributed by atoms with Crippen LogP contribution in [0.5, 0.6) is 0 Å². The Labute approximate surface area is 83.0 Å². The van der Waals surface area contributed by atoms with Crippen LogP contribution in [0.1, 0.15) is 19.8 Å². The molecule has 0 bridgehead atoms. The highest BCUT2D eigenvalue weighted by atomic mass is 32.2. The molecular formula is C8H13N3O2S. The Morgan fingerprint density at radius 3 is 3.00 bits per heavy atom. The van der Waals surface area contributed by atoms with Crippen LogP contribution in [-0.4, -0.2) is 24.4 Å². The summed E-state index contributed by atoms with van der Waals surface area (Å²) in [5.74, 6) is 0.507. The molecule has 0 amide bonds. The summed E-state index contributed by atoms with van der Waals surface area (Å²) in [6.45, 7) is 2.06. The van der Waals surface area contributed by atoms with Gasteiger partial charge in [0.25, 0.3) is 10.0 Å². The summed E-state index contributed by atoms with van der Waals surface area (Å²) in [7, 11) is -3.36. The highest BCUT2D eigenvalue weighted by molar-refractivity contribution is 7.89. The van der Waals surface area contributed by atoms with Crippen molar-refractivity contribution in [2.45, 2.75) is 30.8 Å². The van der Waals surface area contributed by atoms with Crippen molar-refractivity contribution in [1.29, 1.82) is 0 Å². The first kappa shape index (κ1) is 9.67. The van der Waals surface area contributed by atoms with Gasteiger partial charge in [-0.25, -0.2) is 18.1 Å². The van der Waals surface area contributed by atoms with Gasteiger partial charge in [-0.05, 0) is 12.3 Å². The number of nitrogens with one attached hydrogen (secondary N) is 2. The number of aromatic nitrogens is 2. The highest BCUT2D eigenvalue weighted by Crippen LogP contribution is 2.34. The monoisotopic (exact) mass is 215 g/mol. The summed E-state index contributed by atoms with van der Waals surface area (Å²) in [5.41, 5.74) is 0. The lowest BCUT2D eigenvalue weighted by atomic mass is 10.3. The summed E-state index contributed by atoms with van der Waals surface area (Å²) >= 11 is 0. The molecule has 1 aliphatic carbocycles. The van der Waals surface area contributed by atoms with Gasteiger partial charge >= 0.3 is 0 Å². The molecule has 0 aromatic carbocycles. The van der Waals surface area contributed by atoms with E-state index in [1.165, 1.54) is 12.5 Å². The fraction of sp³-hybridized carbons (Fsp3) is 0.625. The van der Waals surface area contributed by atoms with E-state index in [9.17, 15) is 8.42 Å². The summed E-state index contributed by atoms with van der Waals surface area (Å²) in [6, 6.07) is 0.119. The maximum absolute atomic E-state index is 11.6. The van der Waals surface area contributed by atoms with E-state index in [1.807, 2.05) is 0 Å². The van der Waals surface area contributed by atoms with Crippen LogP contribution >= 0.6 is 0 Å². The van der Waals surface area contributed by atoms with Crippen molar-refractivity contribution < 1.29 is 8.42 Å². The van der Waals surface area contributed by atoms with Gasteiger partial charge in [0.05, 0.1) is 12.5 Å². The normalized spacial score (nSPS) is 26.4. The molecular weight excluding hydrogens is 202 g/mol. The predicted octanol–water partition coefficient (Wildman–Crippen LogP) is 0.487. The van der Waals surface area contributed by atoms with E-state index in [0.717, 1.165) is 12.8 Å². The lowest BCUT2D eigenvalue weighted by molar-refractivity contribution is 0.573. The van der Waals surface area contributed by atoms with Gasteiger partial charge in [-0.1, -0.05) is 13.3 Å². The van der Waals surface area contributed by atoms with Gasteiger partial charge in [-0.3, -0.25) is 0 Å². The third kappa shape index (κ3) is 1.80. The van der Waals surface area contributed by atoms with Crippen molar-refractivity contribution >= 4 is 10.0 Å². The van der Waals surface area contributed by atoms with Crippen LogP contribution < -0.4 is 4.72 Å². The Morgan fingerprint density at radius 2 is 2.50 bits per heavy atom. The van der Waals surface area contributed by atoms with Crippen molar-refractivity contribution in [3.63, 3.8) is 0 Å². The molecule has 0 spiro atoms. The van der Waals surface area contributed by atoms with Gasteiger partial charge in [0.15, 0.2) is 5.03 Å². The number of aromatic amines is 1. The first-order valence-electron chi connectivity index (χ1n) is 4.64. The summed E-state index contributed by atoms with van der Waals surface area (Å²) < 4.78 is 25.9. The molecule has 14 heavy (non-hydrogen) atoms. The number of sulfonamides is 1. The van der Waals surface area contributed by atoms with E-state index in [1.54, 1.807) is 0 Å². The van der Waals surface area contributed by atoms with Crippen molar-refractivity contribution in [1.82, 2.24) is 14.7 Å². The molecule has 2 rings (SSSR count). The van der Waals surface area contributed by atoms with E-state index in [0.29, 0.717) is 5.92 Å². The smallest absolute Gasteiger partial charge is 0.257 e. The average molecular weight is 215 g/mol. The number of imidazole rings is 1. The zero-order valence-electron chi connectivity index (χ0n) is 7.90. The lowest BCUT2D eigenvalue weighted by Gasteiger charge is -2.02. The maximum Gasteiger partial charge on any atom is 0.257 e. The molecule has 1 aromatic heterocycles. The fourth-order valence-corrected chi connectivity index (χ4v) is 2.72. The Morgan fingerprint density at radius 1 is 1.71 bits per heavy atom. The molecule has 0 saturated heterocycles. The Hall–Kier alpha value is -0.880. The molecule has 1 aromatic rings. The third-order valence-electron chi connectivity index (χ3n) is 2.52. The van der Waals surface area contributed by atoms with Crippen LogP contribution in [0.25, 0.3) is 0 Å². The minimum atomic E-state index is -3.36. The van der Waals surface area contributed by atoms with Crippen LogP contribution in [-0.2, 0) is 10.0 Å². The van der Waals surface area contributed by atoms with E-state index in [4.69, 9.17) is 0 Å². The molecule has 5 nitrogen and oxygen atoms in total. The van der Waals surface area contributed by atoms with Gasteiger partial charge < -0.3 is 4.98 Å². The molecule has 0 aliphatic heterocycles. The van der Waals surface area contributed by atoms with Crippen LogP contribution in [0.3, 0.4) is 0 Å². The molecule has 2 unspecified atom stereocenters. The minimum absolute atomic E-state index is 0.119. The summed E-state index contributed by atoms with van der Waals surface area (Å²) in [6.07, 6.45) is 4.64. The second kappa shape index (κ2) is 3.36. The molecule has 78 valence electrons. The van der Waals surface area contributed by atoms with Gasteiger partial charge in [-0.15, -0.1) is 0 Å². The van der Waals surface area contributed by atoms with Crippen LogP contribution in [0, 0.1) is 5.92 Å². The molecule has 1 saturated carbocycles. The number of nitrogens with zero attached hydrogens (tertiary/aromatic N) is 1. The number of hydrogen-bond donors (Lipinski definition) is 2. The summed E-state index contributed by atoms with van der Waals surface area (Å²) in [5, 5.41) is 0.138. The largest absolute Gasteiger partial charge is 0.335 e. The van der Waals surface area contributed by atoms with Crippen LogP contribution in [0.2, 0.25) is 0 Å². The first-order valence-corrected chi connectivity index (χ1v) is 6.12. The van der Waals surface area contributed by atoms with E-state index >= 15 is 0 Å². The second-order valence-electron chi connectivity index (χ2n) is 3.55. The summed E-state index contributed by atoms with van der Waals surface area (Å²) in [4.78, 5) is 6.26. The van der Waals surface area contributed by atoms with Gasteiger partial charge in [0.1, 0.15) is 0 Å². The van der Waals surface area contributed by atoms with Gasteiger partial charge in [0, 0.05) is 6.04 Å². The quantitative estimate of drug-likeness (QED) is 0.767. The standard InChI is InChI=1S/C8H13N3O2S/c1-2-6-3-7(6)11-14(12,13)8-4-9-5-10-8/h4-7,11H,2-3H2,1H3,(H,9,10). The molecule has 1 fully saturated rings. The zero-order chi connectivity index (χ0) is 10.2. The van der Waals surface area contributed by atoms with Crippen molar-refractivity contribution in [2.24, 2.45) is 5.92 Å². The molecule has 1 heterocycles. The van der Waals surface area contributed by atoms with E-state index in [2.05, 4.69) is 21.6 Å². The van der Waals surface area contributed by atoms with Crippen molar-refractivity contribution in [3.8, 4) is 0 Å². The Bertz CT molecular complexity index is 398. The first-order chi connectivity index (χ1) is 6.63. The zero-order valence-corrected chi connectivity index (χ0v) is 8.71. The SMILES string of the molecule is CCC1CC1NS(=O)(=O)c1cnc[nH]1. The van der Waals surface area contributed by atoms with Crippen LogP contribution in [0.4, 0.5) is 0 Å². The van der Waals surface area contributed by atoms with Crippen molar-refractivity contribution in [2.75, 3.05) is 0 Å².